The minimum absolute atomic E-state index is 0.220. The zero-order valence-corrected chi connectivity index (χ0v) is 17.9. The van der Waals surface area contributed by atoms with Gasteiger partial charge in [-0.2, -0.15) is 4.98 Å². The molecule has 0 atom stereocenters. The first kappa shape index (κ1) is 21.4. The third-order valence-electron chi connectivity index (χ3n) is 3.90. The monoisotopic (exact) mass is 450 g/mol. The zero-order chi connectivity index (χ0) is 21.9. The van der Waals surface area contributed by atoms with Gasteiger partial charge in [0.05, 0.1) is 36.6 Å². The third kappa shape index (κ3) is 5.39. The van der Waals surface area contributed by atoms with Crippen LogP contribution in [0.3, 0.4) is 0 Å². The van der Waals surface area contributed by atoms with Crippen LogP contribution in [-0.4, -0.2) is 36.7 Å². The van der Waals surface area contributed by atoms with Crippen molar-refractivity contribution in [2.75, 3.05) is 28.7 Å². The van der Waals surface area contributed by atoms with Gasteiger partial charge in [-0.05, 0) is 24.6 Å². The molecule has 10 nitrogen and oxygen atoms in total. The highest BCUT2D eigenvalue weighted by Gasteiger charge is 2.13. The molecule has 0 bridgehead atoms. The maximum atomic E-state index is 11.7. The Hall–Kier alpha value is -3.31. The molecule has 0 spiro atoms. The Morgan fingerprint density at radius 1 is 1.13 bits per heavy atom. The Labute approximate surface area is 177 Å². The number of nitrogens with one attached hydrogen (secondary N) is 4. The molecule has 3 rings (SSSR count). The summed E-state index contributed by atoms with van der Waals surface area (Å²) in [6.07, 6.45) is 3.95. The molecule has 2 heterocycles. The van der Waals surface area contributed by atoms with E-state index in [0.717, 1.165) is 6.26 Å². The van der Waals surface area contributed by atoms with Crippen LogP contribution in [0.2, 0.25) is 5.02 Å². The highest BCUT2D eigenvalue weighted by Crippen LogP contribution is 2.32. The minimum atomic E-state index is -3.54. The molecule has 0 aliphatic rings. The van der Waals surface area contributed by atoms with Crippen LogP contribution in [0.15, 0.2) is 41.5 Å². The van der Waals surface area contributed by atoms with Gasteiger partial charge in [0.1, 0.15) is 10.8 Å². The van der Waals surface area contributed by atoms with Crippen molar-refractivity contribution in [1.82, 2.24) is 15.0 Å². The van der Waals surface area contributed by atoms with Crippen LogP contribution in [0.25, 0.3) is 0 Å². The van der Waals surface area contributed by atoms with Gasteiger partial charge >= 0.3 is 0 Å². The highest BCUT2D eigenvalue weighted by atomic mass is 35.5. The maximum Gasteiger partial charge on any atom is 0.248 e. The van der Waals surface area contributed by atoms with Crippen molar-refractivity contribution in [2.24, 2.45) is 0 Å². The maximum absolute atomic E-state index is 11.7. The number of pyridine rings is 1. The predicted molar refractivity (Wildman–Crippen MR) is 117 cm³/mol. The SMILES string of the molecule is COc1ccc(Nc2nc(Nc3c[nH]c(=O)cc3C)ncc2Cl)c(NS(C)(=O)=O)c1. The molecule has 2 aromatic heterocycles. The van der Waals surface area contributed by atoms with E-state index in [1.807, 2.05) is 0 Å². The number of aromatic nitrogens is 3. The molecule has 12 heteroatoms. The van der Waals surface area contributed by atoms with E-state index < -0.39 is 10.0 Å². The number of halogens is 1. The van der Waals surface area contributed by atoms with E-state index in [1.165, 1.54) is 31.6 Å². The fraction of sp³-hybridized carbons (Fsp3) is 0.167. The molecule has 0 fully saturated rings. The Morgan fingerprint density at radius 2 is 1.90 bits per heavy atom. The second-order valence-electron chi connectivity index (χ2n) is 6.32. The Morgan fingerprint density at radius 3 is 2.57 bits per heavy atom. The molecule has 30 heavy (non-hydrogen) atoms. The van der Waals surface area contributed by atoms with Crippen LogP contribution >= 0.6 is 11.6 Å². The van der Waals surface area contributed by atoms with Crippen LogP contribution in [0, 0.1) is 6.92 Å². The second-order valence-corrected chi connectivity index (χ2v) is 8.48. The number of H-pyrrole nitrogens is 1. The van der Waals surface area contributed by atoms with E-state index in [2.05, 4.69) is 30.3 Å². The number of ether oxygens (including phenoxy) is 1. The summed E-state index contributed by atoms with van der Waals surface area (Å²) in [5, 5.41) is 6.22. The number of aromatic amines is 1. The van der Waals surface area contributed by atoms with E-state index >= 15 is 0 Å². The fourth-order valence-corrected chi connectivity index (χ4v) is 3.22. The first-order valence-corrected chi connectivity index (χ1v) is 10.8. The molecule has 0 radical (unpaired) electrons. The van der Waals surface area contributed by atoms with Crippen molar-refractivity contribution in [1.29, 1.82) is 0 Å². The number of anilines is 5. The molecular weight excluding hydrogens is 432 g/mol. The summed E-state index contributed by atoms with van der Waals surface area (Å²) in [5.74, 6) is 0.942. The average molecular weight is 451 g/mol. The quantitative estimate of drug-likeness (QED) is 0.431. The number of rotatable bonds is 7. The van der Waals surface area contributed by atoms with Gasteiger partial charge in [-0.3, -0.25) is 9.52 Å². The standard InChI is InChI=1S/C18H19ClN6O4S/c1-10-6-16(26)20-9-15(10)23-18-21-8-12(19)17(24-18)22-13-5-4-11(29-2)7-14(13)25-30(3,27)28/h4-9,25H,1-3H3,(H,20,26)(H2,21,22,23,24). The molecule has 4 N–H and O–H groups in total. The number of hydrogen-bond donors (Lipinski definition) is 4. The number of sulfonamides is 1. The van der Waals surface area contributed by atoms with Gasteiger partial charge in [-0.1, -0.05) is 11.6 Å². The lowest BCUT2D eigenvalue weighted by Crippen LogP contribution is -2.12. The van der Waals surface area contributed by atoms with Gasteiger partial charge in [0.2, 0.25) is 21.5 Å². The van der Waals surface area contributed by atoms with Crippen LogP contribution in [0.1, 0.15) is 5.56 Å². The molecule has 0 amide bonds. The van der Waals surface area contributed by atoms with Crippen LogP contribution in [0.5, 0.6) is 5.75 Å². The van der Waals surface area contributed by atoms with E-state index in [9.17, 15) is 13.2 Å². The topological polar surface area (TPSA) is 138 Å². The van der Waals surface area contributed by atoms with E-state index in [1.54, 1.807) is 19.1 Å². The molecule has 1 aromatic carbocycles. The van der Waals surface area contributed by atoms with Crippen molar-refractivity contribution >= 4 is 50.5 Å². The first-order valence-electron chi connectivity index (χ1n) is 8.56. The molecule has 3 aromatic rings. The molecule has 0 aliphatic carbocycles. The molecule has 0 unspecified atom stereocenters. The number of benzene rings is 1. The molecule has 0 aliphatic heterocycles. The van der Waals surface area contributed by atoms with Crippen molar-refractivity contribution in [3.63, 3.8) is 0 Å². The lowest BCUT2D eigenvalue weighted by molar-refractivity contribution is 0.415. The third-order valence-corrected chi connectivity index (χ3v) is 4.76. The zero-order valence-electron chi connectivity index (χ0n) is 16.3. The Bertz CT molecular complexity index is 1250. The molecular formula is C18H19ClN6O4S. The fourth-order valence-electron chi connectivity index (χ4n) is 2.51. The van der Waals surface area contributed by atoms with Gasteiger partial charge < -0.3 is 20.4 Å². The summed E-state index contributed by atoms with van der Waals surface area (Å²) in [4.78, 5) is 22.4. The smallest absolute Gasteiger partial charge is 0.248 e. The largest absolute Gasteiger partial charge is 0.497 e. The molecule has 0 saturated heterocycles. The highest BCUT2D eigenvalue weighted by molar-refractivity contribution is 7.92. The van der Waals surface area contributed by atoms with E-state index in [4.69, 9.17) is 16.3 Å². The predicted octanol–water partition coefficient (Wildman–Crippen LogP) is 2.99. The number of nitrogens with zero attached hydrogens (tertiary/aromatic N) is 2. The summed E-state index contributed by atoms with van der Waals surface area (Å²) in [6.45, 7) is 1.77. The van der Waals surface area contributed by atoms with Gasteiger partial charge in [0, 0.05) is 18.3 Å². The summed E-state index contributed by atoms with van der Waals surface area (Å²) < 4.78 is 31.0. The average Bonchev–Trinajstić information content (AvgIpc) is 2.66. The lowest BCUT2D eigenvalue weighted by Gasteiger charge is -2.15. The van der Waals surface area contributed by atoms with Gasteiger partial charge in [-0.15, -0.1) is 0 Å². The Balaban J connectivity index is 1.93. The normalized spacial score (nSPS) is 11.1. The Kier molecular flexibility index (Phi) is 6.13. The van der Waals surface area contributed by atoms with Crippen molar-refractivity contribution in [3.8, 4) is 5.75 Å². The minimum Gasteiger partial charge on any atom is -0.497 e. The molecule has 158 valence electrons. The van der Waals surface area contributed by atoms with Crippen LogP contribution in [0.4, 0.5) is 28.8 Å². The number of methoxy groups -OCH3 is 1. The van der Waals surface area contributed by atoms with Crippen LogP contribution < -0.4 is 25.7 Å². The van der Waals surface area contributed by atoms with Crippen molar-refractivity contribution in [2.45, 2.75) is 6.92 Å². The van der Waals surface area contributed by atoms with Crippen molar-refractivity contribution < 1.29 is 13.2 Å². The first-order chi connectivity index (χ1) is 14.1. The van der Waals surface area contributed by atoms with Gasteiger partial charge in [0.25, 0.3) is 0 Å². The number of hydrogen-bond acceptors (Lipinski definition) is 8. The molecule has 0 saturated carbocycles. The van der Waals surface area contributed by atoms with E-state index in [-0.39, 0.29) is 28.0 Å². The van der Waals surface area contributed by atoms with Crippen LogP contribution in [-0.2, 0) is 10.0 Å². The second kappa shape index (κ2) is 8.59. The summed E-state index contributed by atoms with van der Waals surface area (Å²) in [6, 6.07) is 6.26. The lowest BCUT2D eigenvalue weighted by atomic mass is 10.2. The van der Waals surface area contributed by atoms with Gasteiger partial charge in [0.15, 0.2) is 5.82 Å². The van der Waals surface area contributed by atoms with Crippen molar-refractivity contribution in [3.05, 3.63) is 57.6 Å². The van der Waals surface area contributed by atoms with Gasteiger partial charge in [-0.25, -0.2) is 13.4 Å². The summed E-state index contributed by atoms with van der Waals surface area (Å²) >= 11 is 6.22. The summed E-state index contributed by atoms with van der Waals surface area (Å²) in [5.41, 5.74) is 1.78. The summed E-state index contributed by atoms with van der Waals surface area (Å²) in [7, 11) is -2.06. The van der Waals surface area contributed by atoms with E-state index in [0.29, 0.717) is 22.7 Å². The number of aryl methyl sites for hydroxylation is 1.